The quantitative estimate of drug-likeness (QED) is 0.879. The fourth-order valence-electron chi connectivity index (χ4n) is 2.04. The van der Waals surface area contributed by atoms with Crippen LogP contribution in [0, 0.1) is 5.92 Å². The second-order valence-corrected chi connectivity index (χ2v) is 4.90. The van der Waals surface area contributed by atoms with E-state index in [2.05, 4.69) is 26.2 Å². The third kappa shape index (κ3) is 1.51. The number of fused-ring (bicyclic) bond motifs is 1. The third-order valence-electron chi connectivity index (χ3n) is 3.00. The van der Waals surface area contributed by atoms with Crippen LogP contribution < -0.4 is 5.32 Å². The van der Waals surface area contributed by atoms with Gasteiger partial charge in [0.15, 0.2) is 5.88 Å². The monoisotopic (exact) mass is 281 g/mol. The lowest BCUT2D eigenvalue weighted by molar-refractivity contribution is 0.338. The largest absolute Gasteiger partial charge is 0.494 e. The second kappa shape index (κ2) is 3.75. The molecule has 0 aliphatic carbocycles. The number of rotatable bonds is 2. The van der Waals surface area contributed by atoms with Gasteiger partial charge < -0.3 is 10.4 Å². The number of nitrogens with one attached hydrogen (secondary N) is 1. The molecule has 5 heteroatoms. The molecule has 2 N–H and O–H groups in total. The van der Waals surface area contributed by atoms with Crippen molar-refractivity contribution < 1.29 is 5.11 Å². The van der Waals surface area contributed by atoms with E-state index in [1.807, 2.05) is 16.5 Å². The molecule has 0 atom stereocenters. The topological polar surface area (TPSA) is 49.6 Å². The lowest BCUT2D eigenvalue weighted by atomic mass is 9.99. The third-order valence-corrected chi connectivity index (χ3v) is 3.59. The van der Waals surface area contributed by atoms with E-state index in [1.165, 1.54) is 0 Å². The van der Waals surface area contributed by atoms with Gasteiger partial charge in [0, 0.05) is 6.42 Å². The van der Waals surface area contributed by atoms with Crippen LogP contribution >= 0.6 is 15.9 Å². The molecule has 1 saturated heterocycles. The van der Waals surface area contributed by atoms with Gasteiger partial charge in [0.05, 0.1) is 5.52 Å². The first-order chi connectivity index (χ1) is 7.75. The minimum Gasteiger partial charge on any atom is -0.494 e. The summed E-state index contributed by atoms with van der Waals surface area (Å²) in [6.07, 6.45) is 0.900. The molecule has 2 aromatic heterocycles. The molecule has 3 rings (SSSR count). The summed E-state index contributed by atoms with van der Waals surface area (Å²) < 4.78 is 2.60. The first kappa shape index (κ1) is 10.1. The van der Waals surface area contributed by atoms with Gasteiger partial charge in [0.1, 0.15) is 10.4 Å². The molecule has 2 aromatic rings. The fourth-order valence-corrected chi connectivity index (χ4v) is 2.55. The SMILES string of the molecule is Oc1cccc2c(Br)nc(CC3CNC3)n12. The zero-order chi connectivity index (χ0) is 11.1. The Hall–Kier alpha value is -1.07. The summed E-state index contributed by atoms with van der Waals surface area (Å²) in [5.41, 5.74) is 0.919. The highest BCUT2D eigenvalue weighted by Gasteiger charge is 2.21. The molecule has 84 valence electrons. The van der Waals surface area contributed by atoms with Crippen LogP contribution in [0.25, 0.3) is 5.52 Å². The van der Waals surface area contributed by atoms with Gasteiger partial charge in [-0.05, 0) is 47.1 Å². The van der Waals surface area contributed by atoms with Crippen LogP contribution in [0.5, 0.6) is 5.88 Å². The van der Waals surface area contributed by atoms with E-state index in [9.17, 15) is 5.11 Å². The van der Waals surface area contributed by atoms with Crippen molar-refractivity contribution in [2.75, 3.05) is 13.1 Å². The molecule has 1 fully saturated rings. The van der Waals surface area contributed by atoms with Crippen LogP contribution in [0.4, 0.5) is 0 Å². The maximum atomic E-state index is 9.86. The van der Waals surface area contributed by atoms with Crippen LogP contribution in [0.3, 0.4) is 0 Å². The first-order valence-corrected chi connectivity index (χ1v) is 6.10. The molecule has 1 aliphatic heterocycles. The van der Waals surface area contributed by atoms with Crippen molar-refractivity contribution in [3.05, 3.63) is 28.6 Å². The number of hydrogen-bond acceptors (Lipinski definition) is 3. The first-order valence-electron chi connectivity index (χ1n) is 5.31. The molecule has 0 unspecified atom stereocenters. The molecular weight excluding hydrogens is 270 g/mol. The minimum atomic E-state index is 0.248. The van der Waals surface area contributed by atoms with Crippen molar-refractivity contribution in [1.29, 1.82) is 0 Å². The molecule has 0 aromatic carbocycles. The van der Waals surface area contributed by atoms with Gasteiger partial charge in [-0.3, -0.25) is 4.40 Å². The number of halogens is 1. The molecule has 4 nitrogen and oxygen atoms in total. The number of aromatic hydroxyl groups is 1. The highest BCUT2D eigenvalue weighted by Crippen LogP contribution is 2.25. The van der Waals surface area contributed by atoms with Crippen LogP contribution in [0.2, 0.25) is 0 Å². The highest BCUT2D eigenvalue weighted by atomic mass is 79.9. The van der Waals surface area contributed by atoms with E-state index in [1.54, 1.807) is 6.07 Å². The predicted molar refractivity (Wildman–Crippen MR) is 64.6 cm³/mol. The van der Waals surface area contributed by atoms with Gasteiger partial charge >= 0.3 is 0 Å². The summed E-state index contributed by atoms with van der Waals surface area (Å²) in [5.74, 6) is 1.81. The molecule has 0 bridgehead atoms. The summed E-state index contributed by atoms with van der Waals surface area (Å²) in [4.78, 5) is 4.46. The number of aromatic nitrogens is 2. The van der Waals surface area contributed by atoms with Crippen molar-refractivity contribution in [2.24, 2.45) is 5.92 Å². The molecular formula is C11H12BrN3O. The van der Waals surface area contributed by atoms with Gasteiger partial charge in [0.2, 0.25) is 0 Å². The Morgan fingerprint density at radius 3 is 3.00 bits per heavy atom. The van der Waals surface area contributed by atoms with E-state index in [4.69, 9.17) is 0 Å². The van der Waals surface area contributed by atoms with Crippen molar-refractivity contribution in [1.82, 2.24) is 14.7 Å². The maximum Gasteiger partial charge on any atom is 0.197 e. The summed E-state index contributed by atoms with van der Waals surface area (Å²) in [6, 6.07) is 5.45. The Labute approximate surface area is 101 Å². The molecule has 0 amide bonds. The lowest BCUT2D eigenvalue weighted by Gasteiger charge is -2.26. The Morgan fingerprint density at radius 2 is 2.31 bits per heavy atom. The van der Waals surface area contributed by atoms with Crippen molar-refractivity contribution >= 4 is 21.4 Å². The Balaban J connectivity index is 2.09. The molecule has 3 heterocycles. The van der Waals surface area contributed by atoms with Gasteiger partial charge in [-0.15, -0.1) is 0 Å². The van der Waals surface area contributed by atoms with E-state index in [0.29, 0.717) is 5.92 Å². The van der Waals surface area contributed by atoms with E-state index in [-0.39, 0.29) is 5.88 Å². The highest BCUT2D eigenvalue weighted by molar-refractivity contribution is 9.10. The van der Waals surface area contributed by atoms with Crippen LogP contribution in [-0.4, -0.2) is 27.6 Å². The Bertz CT molecular complexity index is 533. The average molecular weight is 282 g/mol. The zero-order valence-corrected chi connectivity index (χ0v) is 10.2. The number of hydrogen-bond donors (Lipinski definition) is 2. The number of nitrogens with zero attached hydrogens (tertiary/aromatic N) is 2. The van der Waals surface area contributed by atoms with Crippen molar-refractivity contribution in [2.45, 2.75) is 6.42 Å². The van der Waals surface area contributed by atoms with Gasteiger partial charge in [0.25, 0.3) is 0 Å². The fraction of sp³-hybridized carbons (Fsp3) is 0.364. The lowest BCUT2D eigenvalue weighted by Crippen LogP contribution is -2.43. The van der Waals surface area contributed by atoms with Crippen LogP contribution in [0.1, 0.15) is 5.82 Å². The summed E-state index contributed by atoms with van der Waals surface area (Å²) in [6.45, 7) is 2.08. The molecule has 16 heavy (non-hydrogen) atoms. The normalized spacial score (nSPS) is 16.6. The minimum absolute atomic E-state index is 0.248. The second-order valence-electron chi connectivity index (χ2n) is 4.15. The molecule has 0 saturated carbocycles. The molecule has 0 spiro atoms. The van der Waals surface area contributed by atoms with Gasteiger partial charge in [-0.25, -0.2) is 4.98 Å². The van der Waals surface area contributed by atoms with Crippen LogP contribution in [0.15, 0.2) is 22.8 Å². The smallest absolute Gasteiger partial charge is 0.197 e. The molecule has 1 aliphatic rings. The van der Waals surface area contributed by atoms with E-state index >= 15 is 0 Å². The van der Waals surface area contributed by atoms with Crippen LogP contribution in [-0.2, 0) is 6.42 Å². The van der Waals surface area contributed by atoms with E-state index < -0.39 is 0 Å². The summed E-state index contributed by atoms with van der Waals surface area (Å²) in [7, 11) is 0. The molecule has 0 radical (unpaired) electrons. The zero-order valence-electron chi connectivity index (χ0n) is 8.65. The number of pyridine rings is 1. The predicted octanol–water partition coefficient (Wildman–Crippen LogP) is 1.56. The van der Waals surface area contributed by atoms with Crippen molar-refractivity contribution in [3.63, 3.8) is 0 Å². The van der Waals surface area contributed by atoms with Gasteiger partial charge in [-0.1, -0.05) is 6.07 Å². The average Bonchev–Trinajstić information content (AvgIpc) is 2.52. The standard InChI is InChI=1S/C11H12BrN3O/c12-11-8-2-1-3-10(16)15(8)9(14-11)4-7-5-13-6-7/h1-3,7,13,16H,4-6H2. The summed E-state index contributed by atoms with van der Waals surface area (Å²) in [5, 5.41) is 13.1. The Kier molecular flexibility index (Phi) is 2.37. The van der Waals surface area contributed by atoms with Crippen molar-refractivity contribution in [3.8, 4) is 5.88 Å². The van der Waals surface area contributed by atoms with E-state index in [0.717, 1.165) is 35.5 Å². The maximum absolute atomic E-state index is 9.86. The Morgan fingerprint density at radius 1 is 1.50 bits per heavy atom. The summed E-state index contributed by atoms with van der Waals surface area (Å²) >= 11 is 3.42. The van der Waals surface area contributed by atoms with Gasteiger partial charge in [-0.2, -0.15) is 0 Å². The number of imidazole rings is 1.